The molecule has 1 aliphatic heterocycles. The molecule has 0 radical (unpaired) electrons. The van der Waals surface area contributed by atoms with E-state index in [1.807, 2.05) is 23.7 Å². The zero-order chi connectivity index (χ0) is 22.3. The summed E-state index contributed by atoms with van der Waals surface area (Å²) in [4.78, 5) is 14.5. The van der Waals surface area contributed by atoms with Crippen molar-refractivity contribution in [2.45, 2.75) is 18.5 Å². The van der Waals surface area contributed by atoms with E-state index in [9.17, 15) is 17.6 Å². The summed E-state index contributed by atoms with van der Waals surface area (Å²) >= 11 is 7.17. The van der Waals surface area contributed by atoms with E-state index < -0.39 is 34.0 Å². The van der Waals surface area contributed by atoms with Gasteiger partial charge in [0.1, 0.15) is 16.7 Å². The lowest BCUT2D eigenvalue weighted by atomic mass is 10.1. The molecular formula is C18H19ClFN6O3S2+. The third kappa shape index (κ3) is 4.34. The highest BCUT2D eigenvalue weighted by atomic mass is 35.5. The van der Waals surface area contributed by atoms with Crippen molar-refractivity contribution in [2.24, 2.45) is 7.05 Å². The normalized spacial score (nSPS) is 21.2. The first-order chi connectivity index (χ1) is 14.7. The molecule has 1 fully saturated rings. The second-order valence-electron chi connectivity index (χ2n) is 7.08. The van der Waals surface area contributed by atoms with Crippen molar-refractivity contribution in [3.05, 3.63) is 52.4 Å². The van der Waals surface area contributed by atoms with Crippen molar-refractivity contribution in [1.29, 1.82) is 0 Å². The van der Waals surface area contributed by atoms with E-state index in [0.717, 1.165) is 26.0 Å². The molecule has 9 nitrogen and oxygen atoms in total. The molecule has 1 saturated heterocycles. The van der Waals surface area contributed by atoms with Gasteiger partial charge in [-0.2, -0.15) is 17.4 Å². The van der Waals surface area contributed by atoms with Crippen LogP contribution in [0, 0.1) is 5.82 Å². The quantitative estimate of drug-likeness (QED) is 0.490. The first-order valence-electron chi connectivity index (χ1n) is 9.16. The van der Waals surface area contributed by atoms with Gasteiger partial charge in [-0.3, -0.25) is 4.79 Å². The number of halogens is 2. The van der Waals surface area contributed by atoms with Crippen LogP contribution in [-0.2, 0) is 22.1 Å². The zero-order valence-electron chi connectivity index (χ0n) is 16.5. The summed E-state index contributed by atoms with van der Waals surface area (Å²) in [5, 5.41) is 9.36. The van der Waals surface area contributed by atoms with Gasteiger partial charge in [-0.1, -0.05) is 11.6 Å². The van der Waals surface area contributed by atoms with Gasteiger partial charge >= 0.3 is 0 Å². The first-order valence-corrected chi connectivity index (χ1v) is 11.8. The molecular weight excluding hydrogens is 467 g/mol. The van der Waals surface area contributed by atoms with Crippen molar-refractivity contribution in [3.63, 3.8) is 0 Å². The number of thiophene rings is 1. The molecule has 1 aliphatic rings. The number of amides is 1. The lowest BCUT2D eigenvalue weighted by Crippen LogP contribution is -2.55. The monoisotopic (exact) mass is 485 g/mol. The van der Waals surface area contributed by atoms with E-state index in [2.05, 4.69) is 20.2 Å². The smallest absolute Gasteiger partial charge is 0.280 e. The fourth-order valence-electron chi connectivity index (χ4n) is 3.31. The maximum atomic E-state index is 13.4. The predicted octanol–water partition coefficient (Wildman–Crippen LogP) is 1.97. The Bertz CT molecular complexity index is 1240. The number of aryl methyl sites for hydroxylation is 1. The Morgan fingerprint density at radius 3 is 2.84 bits per heavy atom. The highest BCUT2D eigenvalue weighted by molar-refractivity contribution is 7.87. The number of hydrogen-bond acceptors (Lipinski definition) is 5. The molecule has 164 valence electrons. The van der Waals surface area contributed by atoms with E-state index in [1.165, 1.54) is 30.5 Å². The Labute approximate surface area is 187 Å². The van der Waals surface area contributed by atoms with E-state index in [-0.39, 0.29) is 17.1 Å². The van der Waals surface area contributed by atoms with E-state index in [0.29, 0.717) is 0 Å². The summed E-state index contributed by atoms with van der Waals surface area (Å²) < 4.78 is 44.1. The third-order valence-electron chi connectivity index (χ3n) is 5.02. The van der Waals surface area contributed by atoms with Gasteiger partial charge in [-0.15, -0.1) is 16.4 Å². The lowest BCUT2D eigenvalue weighted by Gasteiger charge is -2.35. The summed E-state index contributed by atoms with van der Waals surface area (Å²) in [5.41, 5.74) is 0.280. The van der Waals surface area contributed by atoms with E-state index in [4.69, 9.17) is 11.6 Å². The number of aromatic amines is 1. The summed E-state index contributed by atoms with van der Waals surface area (Å²) in [6.45, 7) is 0. The summed E-state index contributed by atoms with van der Waals surface area (Å²) in [6, 6.07) is 5.92. The molecule has 1 amide bonds. The molecule has 2 atom stereocenters. The van der Waals surface area contributed by atoms with Gasteiger partial charge in [-0.25, -0.2) is 8.96 Å². The van der Waals surface area contributed by atoms with Gasteiger partial charge in [0, 0.05) is 22.7 Å². The fourth-order valence-corrected chi connectivity index (χ4v) is 5.94. The Morgan fingerprint density at radius 2 is 2.16 bits per heavy atom. The fraction of sp³-hybridized carbons (Fsp3) is 0.278. The van der Waals surface area contributed by atoms with Crippen LogP contribution in [0.3, 0.4) is 0 Å². The summed E-state index contributed by atoms with van der Waals surface area (Å²) in [6.07, 6.45) is 1.85. The van der Waals surface area contributed by atoms with Gasteiger partial charge in [0.05, 0.1) is 18.1 Å². The number of H-pyrrole nitrogens is 1. The number of benzene rings is 1. The molecule has 0 saturated carbocycles. The third-order valence-corrected chi connectivity index (χ3v) is 8.11. The van der Waals surface area contributed by atoms with Gasteiger partial charge in [0.2, 0.25) is 5.91 Å². The van der Waals surface area contributed by atoms with Crippen molar-refractivity contribution in [2.75, 3.05) is 12.4 Å². The average Bonchev–Trinajstić information content (AvgIpc) is 3.35. The van der Waals surface area contributed by atoms with Gasteiger partial charge in [0.15, 0.2) is 0 Å². The van der Waals surface area contributed by atoms with Crippen LogP contribution in [-0.4, -0.2) is 41.9 Å². The minimum Gasteiger partial charge on any atom is -0.325 e. The Hall–Kier alpha value is -2.38. The maximum absolute atomic E-state index is 13.4. The van der Waals surface area contributed by atoms with E-state index >= 15 is 0 Å². The second-order valence-corrected chi connectivity index (χ2v) is 10.4. The number of aromatic nitrogens is 3. The average molecular weight is 486 g/mol. The molecule has 13 heteroatoms. The molecule has 3 N–H and O–H groups in total. The van der Waals surface area contributed by atoms with Crippen LogP contribution in [0.15, 0.2) is 36.7 Å². The molecule has 3 heterocycles. The van der Waals surface area contributed by atoms with Crippen molar-refractivity contribution >= 4 is 44.7 Å². The number of carbonyl (C=O) groups is 1. The maximum Gasteiger partial charge on any atom is 0.280 e. The lowest BCUT2D eigenvalue weighted by molar-refractivity contribution is -0.660. The number of carbonyl (C=O) groups excluding carboxylic acids is 1. The molecule has 1 aromatic carbocycles. The number of likely N-dealkylation sites (N-methyl/N-ethyl adjacent to an activating group) is 1. The van der Waals surface area contributed by atoms with Gasteiger partial charge in [-0.05, 0) is 36.8 Å². The van der Waals surface area contributed by atoms with Crippen molar-refractivity contribution in [1.82, 2.24) is 19.2 Å². The predicted molar refractivity (Wildman–Crippen MR) is 114 cm³/mol. The molecule has 0 spiro atoms. The highest BCUT2D eigenvalue weighted by Gasteiger charge is 2.41. The molecule has 2 aromatic heterocycles. The molecule has 0 unspecified atom stereocenters. The minimum atomic E-state index is -3.90. The van der Waals surface area contributed by atoms with Crippen molar-refractivity contribution < 1.29 is 22.2 Å². The minimum absolute atomic E-state index is 0.139. The standard InChI is InChI=1S/C18H18ClFN6O3S2/c1-25-9-21-23-17(25)16-6-5-15(30-16)13-8-14(26(2)31(28,29)24-13)18(27)22-10-3-4-12(20)11(19)7-10/h3-7,9,13-14,24H,8H2,1-2H3,(H,22,27)/p+1/t13-,14+/m0/s1. The van der Waals surface area contributed by atoms with Crippen LogP contribution in [0.4, 0.5) is 10.1 Å². The Morgan fingerprint density at radius 1 is 1.39 bits per heavy atom. The molecule has 4 rings (SSSR count). The number of anilines is 1. The number of nitrogens with one attached hydrogen (secondary N) is 3. The number of hydrogen-bond donors (Lipinski definition) is 3. The van der Waals surface area contributed by atoms with Crippen LogP contribution in [0.25, 0.3) is 10.7 Å². The topological polar surface area (TPSA) is 111 Å². The SMILES string of the molecule is CN1[C@@H](C(=O)Nc2ccc(F)c(Cl)c2)C[C@@H](c2ccc(-c3[nH]nc[n+]3C)s2)NS1(=O)=O. The van der Waals surface area contributed by atoms with Gasteiger partial charge < -0.3 is 5.32 Å². The Balaban J connectivity index is 1.58. The number of nitrogens with zero attached hydrogens (tertiary/aromatic N) is 3. The molecule has 0 aliphatic carbocycles. The molecule has 0 bridgehead atoms. The zero-order valence-corrected chi connectivity index (χ0v) is 18.9. The van der Waals surface area contributed by atoms with E-state index in [1.54, 1.807) is 6.33 Å². The first kappa shape index (κ1) is 21.8. The highest BCUT2D eigenvalue weighted by Crippen LogP contribution is 2.35. The largest absolute Gasteiger partial charge is 0.325 e. The number of rotatable bonds is 4. The summed E-state index contributed by atoms with van der Waals surface area (Å²) in [5.74, 6) is -0.355. The van der Waals surface area contributed by atoms with Crippen LogP contribution in [0.1, 0.15) is 17.3 Å². The summed E-state index contributed by atoms with van der Waals surface area (Å²) in [7, 11) is -0.711. The van der Waals surface area contributed by atoms with Gasteiger partial charge in [0.25, 0.3) is 22.4 Å². The van der Waals surface area contributed by atoms with Crippen LogP contribution in [0.2, 0.25) is 5.02 Å². The van der Waals surface area contributed by atoms with Crippen LogP contribution < -0.4 is 14.6 Å². The molecule has 3 aromatic rings. The second kappa shape index (κ2) is 8.28. The van der Waals surface area contributed by atoms with Crippen LogP contribution >= 0.6 is 22.9 Å². The Kier molecular flexibility index (Phi) is 5.83. The van der Waals surface area contributed by atoms with Crippen LogP contribution in [0.5, 0.6) is 0 Å². The van der Waals surface area contributed by atoms with Crippen molar-refractivity contribution in [3.8, 4) is 10.7 Å². The molecule has 31 heavy (non-hydrogen) atoms.